The number of piperidine rings is 1. The van der Waals surface area contributed by atoms with Gasteiger partial charge < -0.3 is 0 Å². The summed E-state index contributed by atoms with van der Waals surface area (Å²) in [4.78, 5) is 28.1. The number of nitrogens with one attached hydrogen (secondary N) is 1. The van der Waals surface area contributed by atoms with Gasteiger partial charge in [0.2, 0.25) is 11.8 Å². The molecule has 4 nitrogen and oxygen atoms in total. The van der Waals surface area contributed by atoms with Gasteiger partial charge in [-0.1, -0.05) is 34.6 Å². The van der Waals surface area contributed by atoms with E-state index in [4.69, 9.17) is 11.8 Å². The Balaban J connectivity index is 2.79. The van der Waals surface area contributed by atoms with Gasteiger partial charge in [-0.05, 0) is 22.6 Å². The molecule has 1 unspecified atom stereocenters. The third-order valence-electron chi connectivity index (χ3n) is 3.40. The molecule has 104 valence electrons. The summed E-state index contributed by atoms with van der Waals surface area (Å²) in [5.74, 6) is -0.199. The average molecular weight is 275 g/mol. The molecule has 1 heterocycles. The number of imide groups is 1. The van der Waals surface area contributed by atoms with Crippen LogP contribution in [-0.4, -0.2) is 29.3 Å². The van der Waals surface area contributed by atoms with Crippen molar-refractivity contribution in [2.75, 3.05) is 6.54 Å². The summed E-state index contributed by atoms with van der Waals surface area (Å²) < 4.78 is 0. The molecule has 0 aromatic heterocycles. The lowest BCUT2D eigenvalue weighted by Gasteiger charge is -2.38. The van der Waals surface area contributed by atoms with E-state index in [1.54, 1.807) is 0 Å². The van der Waals surface area contributed by atoms with E-state index in [9.17, 15) is 9.59 Å². The first-order valence-corrected chi connectivity index (χ1v) is 6.64. The number of carbonyl (C=O) groups is 2. The molecule has 1 N–H and O–H groups in total. The first-order chi connectivity index (χ1) is 8.07. The molecule has 1 aliphatic heterocycles. The second kappa shape index (κ2) is 5.17. The van der Waals surface area contributed by atoms with Crippen LogP contribution < -0.4 is 4.84 Å². The Morgan fingerprint density at radius 3 is 2.06 bits per heavy atom. The summed E-state index contributed by atoms with van der Waals surface area (Å²) in [5.41, 5.74) is -0.342. The van der Waals surface area contributed by atoms with Gasteiger partial charge in [-0.3, -0.25) is 14.5 Å². The van der Waals surface area contributed by atoms with Crippen molar-refractivity contribution in [3.05, 3.63) is 0 Å². The Labute approximate surface area is 114 Å². The van der Waals surface area contributed by atoms with Crippen LogP contribution in [0.15, 0.2) is 0 Å². The van der Waals surface area contributed by atoms with Crippen LogP contribution in [0.4, 0.5) is 0 Å². The quantitative estimate of drug-likeness (QED) is 0.635. The summed E-state index contributed by atoms with van der Waals surface area (Å²) in [6.07, 6.45) is 0.829. The van der Waals surface area contributed by atoms with Gasteiger partial charge in [0.25, 0.3) is 0 Å². The Kier molecular flexibility index (Phi) is 4.44. The predicted molar refractivity (Wildman–Crippen MR) is 72.0 cm³/mol. The van der Waals surface area contributed by atoms with Gasteiger partial charge in [0.1, 0.15) is 0 Å². The smallest absolute Gasteiger partial charge is 0.229 e. The Morgan fingerprint density at radius 2 is 1.72 bits per heavy atom. The van der Waals surface area contributed by atoms with E-state index in [0.29, 0.717) is 19.4 Å². The van der Waals surface area contributed by atoms with Gasteiger partial charge >= 0.3 is 0 Å². The van der Waals surface area contributed by atoms with Gasteiger partial charge in [-0.15, -0.1) is 0 Å². The van der Waals surface area contributed by atoms with E-state index in [1.165, 1.54) is 4.90 Å². The van der Waals surface area contributed by atoms with Crippen molar-refractivity contribution in [1.82, 2.24) is 9.74 Å². The van der Waals surface area contributed by atoms with Crippen molar-refractivity contribution in [2.24, 2.45) is 10.8 Å². The fourth-order valence-electron chi connectivity index (χ4n) is 2.07. The number of amides is 2. The van der Waals surface area contributed by atoms with Crippen molar-refractivity contribution in [3.63, 3.8) is 0 Å². The minimum atomic E-state index is -0.226. The highest BCUT2D eigenvalue weighted by molar-refractivity contribution is 6.13. The first-order valence-electron chi connectivity index (χ1n) is 6.26. The summed E-state index contributed by atoms with van der Waals surface area (Å²) >= 11 is 5.72. The molecule has 1 saturated heterocycles. The molecule has 0 radical (unpaired) electrons. The standard InChI is InChI=1S/C13H23ClN2O2/c1-12(2,3)9(15-14)8-16-10(17)6-13(4,5)7-11(16)18/h9,15H,6-8H2,1-5H3. The van der Waals surface area contributed by atoms with Gasteiger partial charge in [-0.2, -0.15) is 0 Å². The third-order valence-corrected chi connectivity index (χ3v) is 3.67. The normalized spacial score (nSPS) is 22.2. The Hall–Kier alpha value is -0.610. The maximum Gasteiger partial charge on any atom is 0.229 e. The molecule has 0 aromatic rings. The predicted octanol–water partition coefficient (Wildman–Crippen LogP) is 2.32. The van der Waals surface area contributed by atoms with Crippen LogP contribution in [0.3, 0.4) is 0 Å². The van der Waals surface area contributed by atoms with Crippen LogP contribution in [-0.2, 0) is 9.59 Å². The number of carbonyl (C=O) groups excluding carboxylic acids is 2. The molecular formula is C13H23ClN2O2. The number of hydrogen-bond acceptors (Lipinski definition) is 3. The van der Waals surface area contributed by atoms with Crippen molar-refractivity contribution in [1.29, 1.82) is 0 Å². The molecule has 18 heavy (non-hydrogen) atoms. The van der Waals surface area contributed by atoms with E-state index >= 15 is 0 Å². The van der Waals surface area contributed by atoms with Gasteiger partial charge in [-0.25, -0.2) is 4.84 Å². The average Bonchev–Trinajstić information content (AvgIpc) is 2.12. The Morgan fingerprint density at radius 1 is 1.28 bits per heavy atom. The van der Waals surface area contributed by atoms with E-state index in [2.05, 4.69) is 4.84 Å². The summed E-state index contributed by atoms with van der Waals surface area (Å²) in [7, 11) is 0. The molecule has 0 bridgehead atoms. The molecule has 1 rings (SSSR count). The molecular weight excluding hydrogens is 252 g/mol. The van der Waals surface area contributed by atoms with Crippen LogP contribution in [0.1, 0.15) is 47.5 Å². The molecule has 0 aromatic carbocycles. The zero-order chi connectivity index (χ0) is 14.1. The van der Waals surface area contributed by atoms with E-state index in [1.807, 2.05) is 34.6 Å². The lowest BCUT2D eigenvalue weighted by molar-refractivity contribution is -0.153. The summed E-state index contributed by atoms with van der Waals surface area (Å²) in [5, 5.41) is 0. The van der Waals surface area contributed by atoms with Crippen molar-refractivity contribution in [3.8, 4) is 0 Å². The zero-order valence-corrected chi connectivity index (χ0v) is 12.6. The molecule has 2 amide bonds. The summed E-state index contributed by atoms with van der Waals surface area (Å²) in [6.45, 7) is 10.3. The first kappa shape index (κ1) is 15.4. The molecule has 1 aliphatic rings. The molecule has 1 fully saturated rings. The highest BCUT2D eigenvalue weighted by Gasteiger charge is 2.39. The SMILES string of the molecule is CC1(C)CC(=O)N(CC(NCl)C(C)(C)C)C(=O)C1. The largest absolute Gasteiger partial charge is 0.281 e. The molecule has 5 heteroatoms. The molecule has 1 atom stereocenters. The third kappa shape index (κ3) is 3.69. The second-order valence-corrected chi connectivity index (χ2v) is 7.16. The van der Waals surface area contributed by atoms with Crippen molar-refractivity contribution < 1.29 is 9.59 Å². The maximum atomic E-state index is 12.0. The van der Waals surface area contributed by atoms with Crippen LogP contribution in [0.25, 0.3) is 0 Å². The van der Waals surface area contributed by atoms with E-state index < -0.39 is 0 Å². The van der Waals surface area contributed by atoms with Gasteiger partial charge in [0.15, 0.2) is 0 Å². The number of hydrogen-bond donors (Lipinski definition) is 1. The van der Waals surface area contributed by atoms with Crippen LogP contribution in [0, 0.1) is 10.8 Å². The van der Waals surface area contributed by atoms with Crippen LogP contribution in [0.2, 0.25) is 0 Å². The molecule has 0 spiro atoms. The monoisotopic (exact) mass is 274 g/mol. The lowest BCUT2D eigenvalue weighted by Crippen LogP contribution is -2.53. The topological polar surface area (TPSA) is 49.4 Å². The second-order valence-electron chi connectivity index (χ2n) is 6.94. The van der Waals surface area contributed by atoms with Crippen LogP contribution >= 0.6 is 11.8 Å². The molecule has 0 saturated carbocycles. The highest BCUT2D eigenvalue weighted by atomic mass is 35.5. The van der Waals surface area contributed by atoms with Gasteiger partial charge in [0, 0.05) is 25.4 Å². The van der Waals surface area contributed by atoms with Crippen molar-refractivity contribution in [2.45, 2.75) is 53.5 Å². The fourth-order valence-corrected chi connectivity index (χ4v) is 2.47. The number of likely N-dealkylation sites (tertiary alicyclic amines) is 1. The minimum Gasteiger partial charge on any atom is -0.281 e. The number of nitrogens with zero attached hydrogens (tertiary/aromatic N) is 1. The minimum absolute atomic E-state index is 0.0996. The van der Waals surface area contributed by atoms with Gasteiger partial charge in [0.05, 0.1) is 0 Å². The maximum absolute atomic E-state index is 12.0. The van der Waals surface area contributed by atoms with Crippen LogP contribution in [0.5, 0.6) is 0 Å². The van der Waals surface area contributed by atoms with E-state index in [0.717, 1.165) is 0 Å². The number of rotatable bonds is 3. The van der Waals surface area contributed by atoms with E-state index in [-0.39, 0.29) is 28.7 Å². The Bertz CT molecular complexity index is 327. The number of halogens is 1. The highest BCUT2D eigenvalue weighted by Crippen LogP contribution is 2.32. The lowest BCUT2D eigenvalue weighted by atomic mass is 9.80. The van der Waals surface area contributed by atoms with Crippen molar-refractivity contribution >= 4 is 23.6 Å². The molecule has 0 aliphatic carbocycles. The zero-order valence-electron chi connectivity index (χ0n) is 11.8. The fraction of sp³-hybridized carbons (Fsp3) is 0.846. The summed E-state index contributed by atoms with van der Waals surface area (Å²) in [6, 6.07) is -0.117.